The van der Waals surface area contributed by atoms with E-state index in [2.05, 4.69) is 19.9 Å². The zero-order chi connectivity index (χ0) is 17.1. The average Bonchev–Trinajstić information content (AvgIpc) is 2.55. The smallest absolute Gasteiger partial charge is 0.267 e. The minimum atomic E-state index is -0.575. The molecule has 2 aromatic rings. The van der Waals surface area contributed by atoms with E-state index in [0.29, 0.717) is 16.7 Å². The standard InChI is InChI=1S/C15H17ClN6O2/c16-12-8-13(21-15(18)20-12)22-5-2-9(3-6-22)24-10-1-4-19-11(7-10)14(17)23/h1,4,7-9H,2-3,5-6H2,(H2,17,23)(H2,18,20,21). The van der Waals surface area contributed by atoms with Crippen LogP contribution in [-0.4, -0.2) is 40.1 Å². The van der Waals surface area contributed by atoms with Gasteiger partial charge in [0.05, 0.1) is 0 Å². The molecule has 0 spiro atoms. The molecule has 0 aliphatic carbocycles. The molecule has 0 saturated carbocycles. The molecule has 0 unspecified atom stereocenters. The molecule has 0 bridgehead atoms. The van der Waals surface area contributed by atoms with Gasteiger partial charge in [-0.05, 0) is 6.07 Å². The van der Waals surface area contributed by atoms with Crippen LogP contribution < -0.4 is 21.1 Å². The van der Waals surface area contributed by atoms with Crippen molar-refractivity contribution < 1.29 is 9.53 Å². The molecule has 8 nitrogen and oxygen atoms in total. The van der Waals surface area contributed by atoms with Crippen molar-refractivity contribution in [3.63, 3.8) is 0 Å². The predicted molar refractivity (Wildman–Crippen MR) is 90.1 cm³/mol. The third kappa shape index (κ3) is 3.83. The summed E-state index contributed by atoms with van der Waals surface area (Å²) in [6, 6.07) is 4.96. The fourth-order valence-corrected chi connectivity index (χ4v) is 2.78. The fourth-order valence-electron chi connectivity index (χ4n) is 2.60. The van der Waals surface area contributed by atoms with Crippen molar-refractivity contribution in [2.75, 3.05) is 23.7 Å². The maximum atomic E-state index is 11.2. The van der Waals surface area contributed by atoms with Crippen LogP contribution in [0.3, 0.4) is 0 Å². The average molecular weight is 349 g/mol. The van der Waals surface area contributed by atoms with E-state index in [1.165, 1.54) is 6.20 Å². The van der Waals surface area contributed by atoms with E-state index in [-0.39, 0.29) is 17.7 Å². The van der Waals surface area contributed by atoms with E-state index in [0.717, 1.165) is 25.9 Å². The molecule has 1 aliphatic rings. The van der Waals surface area contributed by atoms with Gasteiger partial charge >= 0.3 is 0 Å². The van der Waals surface area contributed by atoms with E-state index in [9.17, 15) is 4.79 Å². The van der Waals surface area contributed by atoms with Crippen molar-refractivity contribution in [2.24, 2.45) is 5.73 Å². The molecule has 9 heteroatoms. The summed E-state index contributed by atoms with van der Waals surface area (Å²) in [7, 11) is 0. The van der Waals surface area contributed by atoms with Gasteiger partial charge in [0.2, 0.25) is 5.95 Å². The molecule has 3 rings (SSSR count). The van der Waals surface area contributed by atoms with Crippen molar-refractivity contribution in [1.82, 2.24) is 15.0 Å². The Morgan fingerprint density at radius 3 is 2.71 bits per heavy atom. The van der Waals surface area contributed by atoms with Gasteiger partial charge in [-0.1, -0.05) is 11.6 Å². The van der Waals surface area contributed by atoms with Gasteiger partial charge in [-0.3, -0.25) is 9.78 Å². The van der Waals surface area contributed by atoms with E-state index < -0.39 is 5.91 Å². The lowest BCUT2D eigenvalue weighted by Gasteiger charge is -2.33. The van der Waals surface area contributed by atoms with Crippen LogP contribution in [0.1, 0.15) is 23.3 Å². The maximum absolute atomic E-state index is 11.2. The van der Waals surface area contributed by atoms with Crippen LogP contribution in [0.5, 0.6) is 5.75 Å². The van der Waals surface area contributed by atoms with E-state index >= 15 is 0 Å². The highest BCUT2D eigenvalue weighted by Crippen LogP contribution is 2.24. The molecule has 2 aromatic heterocycles. The molecule has 126 valence electrons. The molecule has 1 amide bonds. The lowest BCUT2D eigenvalue weighted by Crippen LogP contribution is -2.38. The number of piperidine rings is 1. The molecule has 1 saturated heterocycles. The van der Waals surface area contributed by atoms with Gasteiger partial charge in [-0.25, -0.2) is 4.98 Å². The minimum Gasteiger partial charge on any atom is -0.490 e. The number of nitrogens with zero attached hydrogens (tertiary/aromatic N) is 4. The third-order valence-electron chi connectivity index (χ3n) is 3.75. The van der Waals surface area contributed by atoms with E-state index in [1.54, 1.807) is 18.2 Å². The number of anilines is 2. The van der Waals surface area contributed by atoms with Crippen LogP contribution >= 0.6 is 11.6 Å². The Labute approximate surface area is 143 Å². The largest absolute Gasteiger partial charge is 0.490 e. The van der Waals surface area contributed by atoms with Crippen molar-refractivity contribution in [3.8, 4) is 5.75 Å². The predicted octanol–water partition coefficient (Wildman–Crippen LogP) is 1.25. The first-order chi connectivity index (χ1) is 11.5. The van der Waals surface area contributed by atoms with Crippen molar-refractivity contribution in [1.29, 1.82) is 0 Å². The number of carbonyl (C=O) groups excluding carboxylic acids is 1. The highest BCUT2D eigenvalue weighted by molar-refractivity contribution is 6.29. The first-order valence-corrected chi connectivity index (χ1v) is 7.86. The summed E-state index contributed by atoms with van der Waals surface area (Å²) in [5.74, 6) is 0.887. The zero-order valence-electron chi connectivity index (χ0n) is 12.9. The Balaban J connectivity index is 1.61. The second kappa shape index (κ2) is 6.88. The number of primary amides is 1. The number of hydrogen-bond donors (Lipinski definition) is 2. The van der Waals surface area contributed by atoms with Crippen LogP contribution in [0.2, 0.25) is 5.15 Å². The molecule has 0 atom stereocenters. The van der Waals surface area contributed by atoms with Crippen molar-refractivity contribution in [2.45, 2.75) is 18.9 Å². The van der Waals surface area contributed by atoms with Crippen molar-refractivity contribution >= 4 is 29.3 Å². The summed E-state index contributed by atoms with van der Waals surface area (Å²) >= 11 is 5.92. The van der Waals surface area contributed by atoms with Gasteiger partial charge in [0.15, 0.2) is 0 Å². The number of ether oxygens (including phenoxy) is 1. The number of rotatable bonds is 4. The summed E-state index contributed by atoms with van der Waals surface area (Å²) in [5, 5.41) is 0.326. The SMILES string of the molecule is NC(=O)c1cc(OC2CCN(c3cc(Cl)nc(N)n3)CC2)ccn1. The van der Waals surface area contributed by atoms with E-state index in [4.69, 9.17) is 27.8 Å². The Kier molecular flexibility index (Phi) is 4.66. The van der Waals surface area contributed by atoms with Crippen molar-refractivity contribution in [3.05, 3.63) is 35.2 Å². The number of nitrogens with two attached hydrogens (primary N) is 2. The molecule has 3 heterocycles. The van der Waals surface area contributed by atoms with Crippen LogP contribution in [-0.2, 0) is 0 Å². The number of amides is 1. The highest BCUT2D eigenvalue weighted by atomic mass is 35.5. The Bertz CT molecular complexity index is 728. The Morgan fingerprint density at radius 2 is 2.04 bits per heavy atom. The van der Waals surface area contributed by atoms with Gasteiger partial charge in [-0.15, -0.1) is 0 Å². The molecular formula is C15H17ClN6O2. The van der Waals surface area contributed by atoms with Crippen LogP contribution in [0, 0.1) is 0 Å². The minimum absolute atomic E-state index is 0.0408. The number of hydrogen-bond acceptors (Lipinski definition) is 7. The molecular weight excluding hydrogens is 332 g/mol. The molecule has 0 aromatic carbocycles. The van der Waals surface area contributed by atoms with Gasteiger partial charge in [0.1, 0.15) is 28.5 Å². The Hall–Kier alpha value is -2.61. The fraction of sp³-hybridized carbons (Fsp3) is 0.333. The molecule has 1 fully saturated rings. The summed E-state index contributed by atoms with van der Waals surface area (Å²) in [4.78, 5) is 25.2. The van der Waals surface area contributed by atoms with Gasteiger partial charge in [0.25, 0.3) is 5.91 Å². The first-order valence-electron chi connectivity index (χ1n) is 7.49. The molecule has 0 radical (unpaired) electrons. The lowest BCUT2D eigenvalue weighted by molar-refractivity contribution is 0.0994. The number of nitrogen functional groups attached to an aromatic ring is 1. The summed E-state index contributed by atoms with van der Waals surface area (Å²) < 4.78 is 5.92. The monoisotopic (exact) mass is 348 g/mol. The maximum Gasteiger partial charge on any atom is 0.267 e. The highest BCUT2D eigenvalue weighted by Gasteiger charge is 2.22. The van der Waals surface area contributed by atoms with Gasteiger partial charge in [-0.2, -0.15) is 4.98 Å². The quantitative estimate of drug-likeness (QED) is 0.797. The van der Waals surface area contributed by atoms with Crippen LogP contribution in [0.4, 0.5) is 11.8 Å². The van der Waals surface area contributed by atoms with E-state index in [1.807, 2.05) is 0 Å². The second-order valence-corrected chi connectivity index (χ2v) is 5.84. The van der Waals surface area contributed by atoms with Gasteiger partial charge < -0.3 is 21.1 Å². The number of halogens is 1. The Morgan fingerprint density at radius 1 is 1.29 bits per heavy atom. The van der Waals surface area contributed by atoms with Gasteiger partial charge in [0, 0.05) is 44.3 Å². The van der Waals surface area contributed by atoms with Crippen LogP contribution in [0.15, 0.2) is 24.4 Å². The number of pyridine rings is 1. The summed E-state index contributed by atoms with van der Waals surface area (Å²) in [6.07, 6.45) is 3.15. The molecule has 4 N–H and O–H groups in total. The number of aromatic nitrogens is 3. The third-order valence-corrected chi connectivity index (χ3v) is 3.94. The zero-order valence-corrected chi connectivity index (χ0v) is 13.6. The van der Waals surface area contributed by atoms with Crippen LogP contribution in [0.25, 0.3) is 0 Å². The number of carbonyl (C=O) groups is 1. The topological polar surface area (TPSA) is 120 Å². The molecule has 24 heavy (non-hydrogen) atoms. The second-order valence-electron chi connectivity index (χ2n) is 5.45. The lowest BCUT2D eigenvalue weighted by atomic mass is 10.1. The first kappa shape index (κ1) is 16.3. The normalized spacial score (nSPS) is 15.3. The summed E-state index contributed by atoms with van der Waals surface area (Å²) in [5.41, 5.74) is 11.0. The molecule has 1 aliphatic heterocycles. The summed E-state index contributed by atoms with van der Waals surface area (Å²) in [6.45, 7) is 1.51.